The van der Waals surface area contributed by atoms with Crippen LogP contribution in [0, 0.1) is 6.92 Å². The van der Waals surface area contributed by atoms with E-state index in [1.54, 1.807) is 7.11 Å². The fourth-order valence-electron chi connectivity index (χ4n) is 5.69. The molecule has 0 bridgehead atoms. The molecule has 2 aliphatic rings. The Hall–Kier alpha value is -3.28. The predicted molar refractivity (Wildman–Crippen MR) is 133 cm³/mol. The molecule has 0 saturated carbocycles. The molecule has 2 aliphatic heterocycles. The lowest BCUT2D eigenvalue weighted by molar-refractivity contribution is 0.145. The number of aromatic nitrogens is 1. The van der Waals surface area contributed by atoms with E-state index in [1.165, 1.54) is 33.3 Å². The molecule has 0 radical (unpaired) electrons. The fourth-order valence-corrected chi connectivity index (χ4v) is 5.69. The van der Waals surface area contributed by atoms with Gasteiger partial charge in [-0.15, -0.1) is 0 Å². The van der Waals surface area contributed by atoms with Crippen molar-refractivity contribution in [2.24, 2.45) is 0 Å². The second-order valence-corrected chi connectivity index (χ2v) is 9.43. The number of fused-ring (bicyclic) bond motifs is 6. The molecule has 5 heteroatoms. The molecule has 6 rings (SSSR count). The Morgan fingerprint density at radius 2 is 1.85 bits per heavy atom. The summed E-state index contributed by atoms with van der Waals surface area (Å²) in [6.45, 7) is 4.47. The molecule has 1 N–H and O–H groups in total. The van der Waals surface area contributed by atoms with E-state index in [1.807, 2.05) is 6.07 Å². The number of methoxy groups -OCH3 is 1. The van der Waals surface area contributed by atoms with Crippen molar-refractivity contribution in [2.45, 2.75) is 45.7 Å². The summed E-state index contributed by atoms with van der Waals surface area (Å²) in [5, 5.41) is 11.3. The summed E-state index contributed by atoms with van der Waals surface area (Å²) < 4.78 is 14.1. The molecule has 34 heavy (non-hydrogen) atoms. The fraction of sp³-hybridized carbons (Fsp3) is 0.310. The van der Waals surface area contributed by atoms with E-state index in [0.717, 1.165) is 48.5 Å². The van der Waals surface area contributed by atoms with Crippen molar-refractivity contribution in [3.8, 4) is 11.5 Å². The topological polar surface area (TPSA) is 46.9 Å². The predicted octanol–water partition coefficient (Wildman–Crippen LogP) is 5.14. The first-order chi connectivity index (χ1) is 16.7. The second kappa shape index (κ2) is 8.49. The zero-order valence-electron chi connectivity index (χ0n) is 19.8. The van der Waals surface area contributed by atoms with Crippen LogP contribution in [0.15, 0.2) is 60.7 Å². The zero-order chi connectivity index (χ0) is 23.2. The van der Waals surface area contributed by atoms with Gasteiger partial charge in [0.25, 0.3) is 0 Å². The summed E-state index contributed by atoms with van der Waals surface area (Å²) in [5.74, 6) is 1.60. The number of aliphatic hydroxyl groups excluding tert-OH is 1. The zero-order valence-corrected chi connectivity index (χ0v) is 19.8. The van der Waals surface area contributed by atoms with Crippen LogP contribution in [-0.2, 0) is 32.7 Å². The Kier molecular flexibility index (Phi) is 5.31. The van der Waals surface area contributed by atoms with Gasteiger partial charge in [0.15, 0.2) is 11.5 Å². The van der Waals surface area contributed by atoms with Crippen LogP contribution < -0.4 is 9.47 Å². The molecule has 1 atom stereocenters. The maximum Gasteiger partial charge on any atom is 0.161 e. The van der Waals surface area contributed by atoms with Crippen LogP contribution in [0.2, 0.25) is 0 Å². The second-order valence-electron chi connectivity index (χ2n) is 9.43. The van der Waals surface area contributed by atoms with Crippen LogP contribution in [0.1, 0.15) is 39.6 Å². The minimum absolute atomic E-state index is 0.0143. The largest absolute Gasteiger partial charge is 0.493 e. The van der Waals surface area contributed by atoms with Gasteiger partial charge < -0.3 is 19.1 Å². The third-order valence-corrected chi connectivity index (χ3v) is 7.49. The molecular weight excluding hydrogens is 424 g/mol. The van der Waals surface area contributed by atoms with Crippen LogP contribution in [0.4, 0.5) is 0 Å². The Bertz CT molecular complexity index is 1360. The van der Waals surface area contributed by atoms with Crippen molar-refractivity contribution in [3.63, 3.8) is 0 Å². The molecule has 174 valence electrons. The molecule has 0 amide bonds. The van der Waals surface area contributed by atoms with Gasteiger partial charge in [-0.05, 0) is 60.2 Å². The van der Waals surface area contributed by atoms with E-state index in [4.69, 9.17) is 9.47 Å². The Labute approximate surface area is 200 Å². The van der Waals surface area contributed by atoms with E-state index < -0.39 is 0 Å². The maximum absolute atomic E-state index is 10.1. The van der Waals surface area contributed by atoms with Gasteiger partial charge in [-0.25, -0.2) is 0 Å². The van der Waals surface area contributed by atoms with Crippen LogP contribution >= 0.6 is 0 Å². The molecule has 5 nitrogen and oxygen atoms in total. The summed E-state index contributed by atoms with van der Waals surface area (Å²) in [6.07, 6.45) is 1.91. The first kappa shape index (κ1) is 21.3. The highest BCUT2D eigenvalue weighted by Crippen LogP contribution is 2.44. The molecule has 0 aliphatic carbocycles. The number of hydrogen-bond donors (Lipinski definition) is 1. The molecule has 3 heterocycles. The van der Waals surface area contributed by atoms with Crippen molar-refractivity contribution in [2.75, 3.05) is 13.7 Å². The number of para-hydroxylation sites is 1. The van der Waals surface area contributed by atoms with E-state index >= 15 is 0 Å². The summed E-state index contributed by atoms with van der Waals surface area (Å²) in [4.78, 5) is 2.54. The summed E-state index contributed by atoms with van der Waals surface area (Å²) in [5.41, 5.74) is 8.79. The minimum Gasteiger partial charge on any atom is -0.493 e. The van der Waals surface area contributed by atoms with Gasteiger partial charge in [0.2, 0.25) is 0 Å². The van der Waals surface area contributed by atoms with Gasteiger partial charge in [-0.2, -0.15) is 0 Å². The van der Waals surface area contributed by atoms with Crippen molar-refractivity contribution in [3.05, 3.63) is 94.2 Å². The van der Waals surface area contributed by atoms with Crippen LogP contribution in [0.25, 0.3) is 10.9 Å². The molecular formula is C29H30N2O3. The highest BCUT2D eigenvalue weighted by molar-refractivity contribution is 5.86. The third-order valence-electron chi connectivity index (χ3n) is 7.49. The minimum atomic E-state index is 0.0143. The molecule has 3 aromatic carbocycles. The summed E-state index contributed by atoms with van der Waals surface area (Å²) in [6, 6.07) is 21.6. The van der Waals surface area contributed by atoms with Crippen molar-refractivity contribution < 1.29 is 14.6 Å². The molecule has 0 saturated heterocycles. The number of aryl methyl sites for hydroxylation is 1. The van der Waals surface area contributed by atoms with Crippen molar-refractivity contribution in [1.29, 1.82) is 0 Å². The highest BCUT2D eigenvalue weighted by atomic mass is 16.5. The highest BCUT2D eigenvalue weighted by Gasteiger charge is 2.35. The van der Waals surface area contributed by atoms with Gasteiger partial charge in [0.1, 0.15) is 13.3 Å². The van der Waals surface area contributed by atoms with Gasteiger partial charge in [-0.1, -0.05) is 48.0 Å². The standard InChI is InChI=1S/C29H30N2O3/c1-19-7-9-20(10-8-19)17-34-29-13-21-11-12-30-16-27-24(14-26(30)23(21)15-28(29)33-2)22-5-3-4-6-25(22)31(27)18-32/h3-10,13,15,26,32H,11-12,14,16-18H2,1-2H3. The molecule has 0 spiro atoms. The maximum atomic E-state index is 10.1. The lowest BCUT2D eigenvalue weighted by Crippen LogP contribution is -2.39. The van der Waals surface area contributed by atoms with E-state index in [2.05, 4.69) is 71.0 Å². The van der Waals surface area contributed by atoms with Crippen LogP contribution in [0.5, 0.6) is 11.5 Å². The van der Waals surface area contributed by atoms with Gasteiger partial charge >= 0.3 is 0 Å². The first-order valence-electron chi connectivity index (χ1n) is 12.0. The summed E-state index contributed by atoms with van der Waals surface area (Å²) in [7, 11) is 1.72. The van der Waals surface area contributed by atoms with E-state index in [9.17, 15) is 5.11 Å². The van der Waals surface area contributed by atoms with Crippen LogP contribution in [0.3, 0.4) is 0 Å². The van der Waals surface area contributed by atoms with E-state index in [-0.39, 0.29) is 6.73 Å². The normalized spacial score (nSPS) is 17.2. The van der Waals surface area contributed by atoms with Gasteiger partial charge in [0, 0.05) is 30.2 Å². The Balaban J connectivity index is 1.34. The number of nitrogens with zero attached hydrogens (tertiary/aromatic N) is 2. The van der Waals surface area contributed by atoms with E-state index in [0.29, 0.717) is 12.6 Å². The number of hydrogen-bond acceptors (Lipinski definition) is 4. The number of rotatable bonds is 5. The number of aliphatic hydroxyl groups is 1. The third kappa shape index (κ3) is 3.47. The van der Waals surface area contributed by atoms with Crippen molar-refractivity contribution >= 4 is 10.9 Å². The van der Waals surface area contributed by atoms with Gasteiger partial charge in [0.05, 0.1) is 12.6 Å². The number of benzene rings is 3. The molecule has 1 unspecified atom stereocenters. The molecule has 1 aromatic heterocycles. The molecule has 0 fully saturated rings. The quantitative estimate of drug-likeness (QED) is 0.454. The number of ether oxygens (including phenoxy) is 2. The van der Waals surface area contributed by atoms with Crippen molar-refractivity contribution in [1.82, 2.24) is 9.47 Å². The lowest BCUT2D eigenvalue weighted by atomic mass is 9.85. The summed E-state index contributed by atoms with van der Waals surface area (Å²) >= 11 is 0. The average molecular weight is 455 g/mol. The molecule has 4 aromatic rings. The Morgan fingerprint density at radius 3 is 2.65 bits per heavy atom. The SMILES string of the molecule is COc1cc2c(cc1OCc1ccc(C)cc1)CCN1Cc3c(c4ccccc4n3CO)CC21. The van der Waals surface area contributed by atoms with Gasteiger partial charge in [-0.3, -0.25) is 4.90 Å². The lowest BCUT2D eigenvalue weighted by Gasteiger charge is -2.41. The average Bonchev–Trinajstić information content (AvgIpc) is 3.19. The monoisotopic (exact) mass is 454 g/mol. The Morgan fingerprint density at radius 1 is 1.03 bits per heavy atom. The smallest absolute Gasteiger partial charge is 0.161 e. The first-order valence-corrected chi connectivity index (χ1v) is 12.0. The van der Waals surface area contributed by atoms with Crippen LogP contribution in [-0.4, -0.2) is 28.2 Å².